The molecule has 2 aromatic carbocycles. The third kappa shape index (κ3) is 4.06. The summed E-state index contributed by atoms with van der Waals surface area (Å²) in [6.45, 7) is 6.47. The Labute approximate surface area is 162 Å². The molecule has 0 saturated carbocycles. The Morgan fingerprint density at radius 3 is 2.67 bits per heavy atom. The minimum absolute atomic E-state index is 0.0711. The van der Waals surface area contributed by atoms with E-state index in [-0.39, 0.29) is 17.2 Å². The lowest BCUT2D eigenvalue weighted by molar-refractivity contribution is -0.113. The Kier molecular flexibility index (Phi) is 5.96. The SMILES string of the molecule is CCc1cccc(C)c1NC(=O)CSc1nc2ccccc2c(=O)n1CC. The number of hydrogen-bond acceptors (Lipinski definition) is 4. The average molecular weight is 382 g/mol. The molecule has 140 valence electrons. The highest BCUT2D eigenvalue weighted by molar-refractivity contribution is 7.99. The van der Waals surface area contributed by atoms with Gasteiger partial charge >= 0.3 is 0 Å². The van der Waals surface area contributed by atoms with Gasteiger partial charge in [0.2, 0.25) is 5.91 Å². The van der Waals surface area contributed by atoms with Crippen LogP contribution in [0.3, 0.4) is 0 Å². The highest BCUT2D eigenvalue weighted by Gasteiger charge is 2.13. The fourth-order valence-corrected chi connectivity index (χ4v) is 3.91. The smallest absolute Gasteiger partial charge is 0.262 e. The van der Waals surface area contributed by atoms with Gasteiger partial charge in [0.1, 0.15) is 0 Å². The third-order valence-corrected chi connectivity index (χ3v) is 5.46. The fourth-order valence-electron chi connectivity index (χ4n) is 3.04. The van der Waals surface area contributed by atoms with Gasteiger partial charge in [0, 0.05) is 12.2 Å². The third-order valence-electron chi connectivity index (χ3n) is 4.48. The van der Waals surface area contributed by atoms with Crippen molar-refractivity contribution in [2.24, 2.45) is 0 Å². The number of thioether (sulfide) groups is 1. The van der Waals surface area contributed by atoms with Gasteiger partial charge in [0.05, 0.1) is 16.7 Å². The van der Waals surface area contributed by atoms with Gasteiger partial charge in [-0.3, -0.25) is 14.2 Å². The standard InChI is InChI=1S/C21H23N3O2S/c1-4-15-10-8-9-14(3)19(15)23-18(25)13-27-21-22-17-12-7-6-11-16(17)20(26)24(21)5-2/h6-12H,4-5,13H2,1-3H3,(H,23,25). The summed E-state index contributed by atoms with van der Waals surface area (Å²) in [5.74, 6) is 0.0940. The van der Waals surface area contributed by atoms with Crippen LogP contribution < -0.4 is 10.9 Å². The van der Waals surface area contributed by atoms with Crippen molar-refractivity contribution in [2.45, 2.75) is 38.9 Å². The topological polar surface area (TPSA) is 64.0 Å². The second kappa shape index (κ2) is 8.39. The van der Waals surface area contributed by atoms with E-state index >= 15 is 0 Å². The van der Waals surface area contributed by atoms with E-state index < -0.39 is 0 Å². The quantitative estimate of drug-likeness (QED) is 0.517. The molecule has 0 radical (unpaired) electrons. The first-order valence-electron chi connectivity index (χ1n) is 9.05. The van der Waals surface area contributed by atoms with Gasteiger partial charge < -0.3 is 5.32 Å². The maximum absolute atomic E-state index is 12.7. The molecular weight excluding hydrogens is 358 g/mol. The Hall–Kier alpha value is -2.60. The van der Waals surface area contributed by atoms with E-state index in [1.54, 1.807) is 10.6 Å². The Balaban J connectivity index is 1.81. The number of benzene rings is 2. The number of nitrogens with one attached hydrogen (secondary N) is 1. The van der Waals surface area contributed by atoms with E-state index in [1.165, 1.54) is 11.8 Å². The molecule has 0 atom stereocenters. The molecule has 1 amide bonds. The van der Waals surface area contributed by atoms with Crippen molar-refractivity contribution < 1.29 is 4.79 Å². The first kappa shape index (κ1) is 19.2. The van der Waals surface area contributed by atoms with Crippen molar-refractivity contribution in [3.8, 4) is 0 Å². The average Bonchev–Trinajstić information content (AvgIpc) is 2.68. The van der Waals surface area contributed by atoms with E-state index in [4.69, 9.17) is 0 Å². The highest BCUT2D eigenvalue weighted by atomic mass is 32.2. The number of carbonyl (C=O) groups is 1. The molecule has 27 heavy (non-hydrogen) atoms. The molecule has 0 aliphatic rings. The molecule has 6 heteroatoms. The minimum Gasteiger partial charge on any atom is -0.325 e. The number of nitrogens with zero attached hydrogens (tertiary/aromatic N) is 2. The molecule has 0 fully saturated rings. The lowest BCUT2D eigenvalue weighted by Crippen LogP contribution is -2.23. The maximum Gasteiger partial charge on any atom is 0.262 e. The number of aromatic nitrogens is 2. The Morgan fingerprint density at radius 2 is 1.93 bits per heavy atom. The molecule has 0 unspecified atom stereocenters. The molecule has 1 aromatic heterocycles. The molecule has 0 saturated heterocycles. The van der Waals surface area contributed by atoms with Crippen LogP contribution in [0.2, 0.25) is 0 Å². The van der Waals surface area contributed by atoms with Gasteiger partial charge in [0.25, 0.3) is 5.56 Å². The van der Waals surface area contributed by atoms with Crippen LogP contribution in [0.5, 0.6) is 0 Å². The van der Waals surface area contributed by atoms with Crippen LogP contribution in [-0.4, -0.2) is 21.2 Å². The van der Waals surface area contributed by atoms with Crippen LogP contribution in [0.25, 0.3) is 10.9 Å². The zero-order valence-electron chi connectivity index (χ0n) is 15.8. The van der Waals surface area contributed by atoms with Crippen molar-refractivity contribution >= 4 is 34.3 Å². The summed E-state index contributed by atoms with van der Waals surface area (Å²) in [4.78, 5) is 29.7. The second-order valence-electron chi connectivity index (χ2n) is 6.26. The number of anilines is 1. The summed E-state index contributed by atoms with van der Waals surface area (Å²) >= 11 is 1.29. The zero-order valence-corrected chi connectivity index (χ0v) is 16.6. The van der Waals surface area contributed by atoms with Gasteiger partial charge in [-0.2, -0.15) is 0 Å². The zero-order chi connectivity index (χ0) is 19.4. The first-order valence-corrected chi connectivity index (χ1v) is 10.0. The monoisotopic (exact) mass is 381 g/mol. The molecule has 0 aliphatic carbocycles. The van der Waals surface area contributed by atoms with Gasteiger partial charge in [-0.05, 0) is 43.5 Å². The predicted molar refractivity (Wildman–Crippen MR) is 112 cm³/mol. The second-order valence-corrected chi connectivity index (χ2v) is 7.20. The molecule has 1 heterocycles. The first-order chi connectivity index (χ1) is 13.0. The highest BCUT2D eigenvalue weighted by Crippen LogP contribution is 2.22. The molecule has 3 aromatic rings. The predicted octanol–water partition coefficient (Wildman–Crippen LogP) is 4.02. The molecule has 0 bridgehead atoms. The number of fused-ring (bicyclic) bond motifs is 1. The van der Waals surface area contributed by atoms with Crippen molar-refractivity contribution in [3.63, 3.8) is 0 Å². The molecule has 0 spiro atoms. The number of hydrogen-bond donors (Lipinski definition) is 1. The van der Waals surface area contributed by atoms with E-state index in [2.05, 4.69) is 17.2 Å². The van der Waals surface area contributed by atoms with Crippen LogP contribution in [0.1, 0.15) is 25.0 Å². The van der Waals surface area contributed by atoms with Crippen molar-refractivity contribution in [1.29, 1.82) is 0 Å². The van der Waals surface area contributed by atoms with Crippen LogP contribution in [0.15, 0.2) is 52.4 Å². The van der Waals surface area contributed by atoms with Crippen LogP contribution in [0, 0.1) is 6.92 Å². The number of carbonyl (C=O) groups excluding carboxylic acids is 1. The number of aryl methyl sites for hydroxylation is 2. The fraction of sp³-hybridized carbons (Fsp3) is 0.286. The lowest BCUT2D eigenvalue weighted by atomic mass is 10.1. The Morgan fingerprint density at radius 1 is 1.15 bits per heavy atom. The summed E-state index contributed by atoms with van der Waals surface area (Å²) in [5, 5.41) is 4.18. The van der Waals surface area contributed by atoms with Gasteiger partial charge in [-0.1, -0.05) is 49.0 Å². The van der Waals surface area contributed by atoms with Gasteiger partial charge in [0.15, 0.2) is 5.16 Å². The summed E-state index contributed by atoms with van der Waals surface area (Å²) in [5.41, 5.74) is 3.62. The number of rotatable bonds is 6. The number of para-hydroxylation sites is 2. The summed E-state index contributed by atoms with van der Waals surface area (Å²) in [7, 11) is 0. The molecule has 5 nitrogen and oxygen atoms in total. The van der Waals surface area contributed by atoms with Crippen LogP contribution in [0.4, 0.5) is 5.69 Å². The van der Waals surface area contributed by atoms with E-state index in [0.29, 0.717) is 22.6 Å². The largest absolute Gasteiger partial charge is 0.325 e. The number of amides is 1. The normalized spacial score (nSPS) is 10.9. The van der Waals surface area contributed by atoms with Gasteiger partial charge in [-0.25, -0.2) is 4.98 Å². The van der Waals surface area contributed by atoms with Crippen LogP contribution >= 0.6 is 11.8 Å². The Bertz CT molecular complexity index is 1040. The van der Waals surface area contributed by atoms with Crippen molar-refractivity contribution in [3.05, 3.63) is 63.9 Å². The van der Waals surface area contributed by atoms with Crippen molar-refractivity contribution in [2.75, 3.05) is 11.1 Å². The summed E-state index contributed by atoms with van der Waals surface area (Å²) in [6, 6.07) is 13.3. The lowest BCUT2D eigenvalue weighted by Gasteiger charge is -2.14. The minimum atomic E-state index is -0.103. The summed E-state index contributed by atoms with van der Waals surface area (Å²) in [6.07, 6.45) is 0.853. The molecule has 1 N–H and O–H groups in total. The van der Waals surface area contributed by atoms with Crippen molar-refractivity contribution in [1.82, 2.24) is 9.55 Å². The van der Waals surface area contributed by atoms with E-state index in [0.717, 1.165) is 23.2 Å². The van der Waals surface area contributed by atoms with E-state index in [9.17, 15) is 9.59 Å². The van der Waals surface area contributed by atoms with E-state index in [1.807, 2.05) is 50.2 Å². The van der Waals surface area contributed by atoms with Crippen LogP contribution in [-0.2, 0) is 17.8 Å². The summed E-state index contributed by atoms with van der Waals surface area (Å²) < 4.78 is 1.62. The molecular formula is C21H23N3O2S. The molecule has 3 rings (SSSR count). The molecule has 0 aliphatic heterocycles. The van der Waals surface area contributed by atoms with Gasteiger partial charge in [-0.15, -0.1) is 0 Å². The maximum atomic E-state index is 12.7.